The van der Waals surface area contributed by atoms with Crippen molar-refractivity contribution in [3.63, 3.8) is 0 Å². The van der Waals surface area contributed by atoms with E-state index in [9.17, 15) is 13.2 Å². The van der Waals surface area contributed by atoms with Crippen molar-refractivity contribution in [2.45, 2.75) is 44.6 Å². The lowest BCUT2D eigenvalue weighted by Crippen LogP contribution is -2.30. The lowest BCUT2D eigenvalue weighted by Gasteiger charge is -2.13. The van der Waals surface area contributed by atoms with Crippen molar-refractivity contribution in [1.29, 1.82) is 0 Å². The highest BCUT2D eigenvalue weighted by Crippen LogP contribution is 2.24. The van der Waals surface area contributed by atoms with E-state index in [4.69, 9.17) is 4.74 Å². The van der Waals surface area contributed by atoms with Crippen LogP contribution < -0.4 is 14.8 Å². The van der Waals surface area contributed by atoms with Crippen molar-refractivity contribution in [3.05, 3.63) is 53.1 Å². The topological polar surface area (TPSA) is 84.5 Å². The van der Waals surface area contributed by atoms with Crippen LogP contribution in [0.15, 0.2) is 41.3 Å². The first kappa shape index (κ1) is 19.2. The molecule has 144 valence electrons. The van der Waals surface area contributed by atoms with Crippen LogP contribution in [0.2, 0.25) is 0 Å². The number of anilines is 1. The molecular weight excluding hydrogens is 364 g/mol. The number of rotatable bonds is 7. The van der Waals surface area contributed by atoms with Crippen LogP contribution in [0.1, 0.15) is 29.5 Å². The van der Waals surface area contributed by atoms with Gasteiger partial charge >= 0.3 is 0 Å². The van der Waals surface area contributed by atoms with Gasteiger partial charge in [0.2, 0.25) is 0 Å². The Kier molecular flexibility index (Phi) is 5.41. The number of ether oxygens (including phenoxy) is 1. The lowest BCUT2D eigenvalue weighted by atomic mass is 10.1. The van der Waals surface area contributed by atoms with Crippen LogP contribution in [0.3, 0.4) is 0 Å². The fourth-order valence-electron chi connectivity index (χ4n) is 2.61. The van der Waals surface area contributed by atoms with Gasteiger partial charge in [-0.1, -0.05) is 6.07 Å². The Morgan fingerprint density at radius 2 is 1.78 bits per heavy atom. The van der Waals surface area contributed by atoms with E-state index in [1.165, 1.54) is 12.1 Å². The molecule has 0 unspecified atom stereocenters. The van der Waals surface area contributed by atoms with Gasteiger partial charge in [0.25, 0.3) is 15.9 Å². The first-order valence-corrected chi connectivity index (χ1v) is 10.4. The third kappa shape index (κ3) is 5.01. The molecule has 1 aliphatic carbocycles. The van der Waals surface area contributed by atoms with Crippen LogP contribution in [-0.2, 0) is 14.8 Å². The summed E-state index contributed by atoms with van der Waals surface area (Å²) in [6.45, 7) is 5.58. The van der Waals surface area contributed by atoms with Crippen LogP contribution >= 0.6 is 0 Å². The highest BCUT2D eigenvalue weighted by atomic mass is 32.2. The molecule has 2 N–H and O–H groups in total. The molecule has 2 aromatic rings. The number of sulfonamides is 1. The molecule has 2 aromatic carbocycles. The zero-order chi connectivity index (χ0) is 19.6. The van der Waals surface area contributed by atoms with Crippen LogP contribution in [0.5, 0.6) is 5.75 Å². The third-order valence-electron chi connectivity index (χ3n) is 4.52. The van der Waals surface area contributed by atoms with Gasteiger partial charge in [-0.25, -0.2) is 8.42 Å². The molecule has 6 nitrogen and oxygen atoms in total. The van der Waals surface area contributed by atoms with E-state index in [2.05, 4.69) is 10.0 Å². The van der Waals surface area contributed by atoms with E-state index in [1.54, 1.807) is 25.1 Å². The maximum Gasteiger partial charge on any atom is 0.261 e. The van der Waals surface area contributed by atoms with Crippen LogP contribution in [0, 0.1) is 20.8 Å². The molecule has 1 aliphatic rings. The Hall–Kier alpha value is -2.54. The molecule has 1 amide bonds. The van der Waals surface area contributed by atoms with E-state index in [0.29, 0.717) is 17.0 Å². The minimum atomic E-state index is -3.71. The summed E-state index contributed by atoms with van der Waals surface area (Å²) >= 11 is 0. The molecule has 0 atom stereocenters. The smallest absolute Gasteiger partial charge is 0.261 e. The zero-order valence-corrected chi connectivity index (χ0v) is 16.5. The average molecular weight is 388 g/mol. The quantitative estimate of drug-likeness (QED) is 0.763. The molecule has 1 saturated carbocycles. The predicted octanol–water partition coefficient (Wildman–Crippen LogP) is 3.07. The second-order valence-corrected chi connectivity index (χ2v) is 8.64. The van der Waals surface area contributed by atoms with Crippen LogP contribution in [-0.4, -0.2) is 27.0 Å². The van der Waals surface area contributed by atoms with Gasteiger partial charge in [0.05, 0.1) is 4.90 Å². The lowest BCUT2D eigenvalue weighted by molar-refractivity contribution is -0.123. The van der Waals surface area contributed by atoms with E-state index in [-0.39, 0.29) is 23.5 Å². The summed E-state index contributed by atoms with van der Waals surface area (Å²) < 4.78 is 33.4. The summed E-state index contributed by atoms with van der Waals surface area (Å²) in [6, 6.07) is 10.3. The fourth-order valence-corrected chi connectivity index (χ4v) is 3.74. The number of nitrogens with one attached hydrogen (secondary N) is 2. The second kappa shape index (κ2) is 7.60. The molecule has 0 saturated heterocycles. The molecule has 7 heteroatoms. The first-order chi connectivity index (χ1) is 12.7. The van der Waals surface area contributed by atoms with Gasteiger partial charge in [-0.15, -0.1) is 0 Å². The molecule has 0 radical (unpaired) electrons. The molecule has 0 bridgehead atoms. The van der Waals surface area contributed by atoms with Crippen molar-refractivity contribution in [2.24, 2.45) is 0 Å². The largest absolute Gasteiger partial charge is 0.484 e. The summed E-state index contributed by atoms with van der Waals surface area (Å²) in [5.74, 6) is 0.330. The third-order valence-corrected chi connectivity index (χ3v) is 5.90. The van der Waals surface area contributed by atoms with Gasteiger partial charge in [0.15, 0.2) is 6.61 Å². The maximum atomic E-state index is 12.6. The van der Waals surface area contributed by atoms with E-state index >= 15 is 0 Å². The summed E-state index contributed by atoms with van der Waals surface area (Å²) in [6.07, 6.45) is 2.04. The van der Waals surface area contributed by atoms with Crippen LogP contribution in [0.4, 0.5) is 5.69 Å². The van der Waals surface area contributed by atoms with Crippen molar-refractivity contribution in [1.82, 2.24) is 5.32 Å². The molecular formula is C20H24N2O4S. The molecule has 27 heavy (non-hydrogen) atoms. The van der Waals surface area contributed by atoms with Crippen LogP contribution in [0.25, 0.3) is 0 Å². The van der Waals surface area contributed by atoms with Crippen molar-refractivity contribution < 1.29 is 17.9 Å². The summed E-state index contributed by atoms with van der Waals surface area (Å²) in [5, 5.41) is 2.85. The Morgan fingerprint density at radius 1 is 1.04 bits per heavy atom. The van der Waals surface area contributed by atoms with Gasteiger partial charge < -0.3 is 10.1 Å². The van der Waals surface area contributed by atoms with E-state index < -0.39 is 10.0 Å². The highest BCUT2D eigenvalue weighted by molar-refractivity contribution is 7.92. The predicted molar refractivity (Wildman–Crippen MR) is 105 cm³/mol. The maximum absolute atomic E-state index is 12.6. The standard InChI is InChI=1S/C20H24N2O4S/c1-13-4-5-17(10-14(13)2)22-27(24,25)18-8-9-19(15(3)11-18)26-12-20(23)21-16-6-7-16/h4-5,8-11,16,22H,6-7,12H2,1-3H3,(H,21,23). The number of hydrogen-bond donors (Lipinski definition) is 2. The van der Waals surface area contributed by atoms with Crippen molar-refractivity contribution in [3.8, 4) is 5.75 Å². The number of amides is 1. The fraction of sp³-hybridized carbons (Fsp3) is 0.350. The molecule has 0 aliphatic heterocycles. The van der Waals surface area contributed by atoms with Gasteiger partial charge in [-0.2, -0.15) is 0 Å². The number of carbonyl (C=O) groups is 1. The van der Waals surface area contributed by atoms with Crippen molar-refractivity contribution >= 4 is 21.6 Å². The normalized spacial score (nSPS) is 13.9. The van der Waals surface area contributed by atoms with E-state index in [1.807, 2.05) is 19.9 Å². The SMILES string of the molecule is Cc1ccc(NS(=O)(=O)c2ccc(OCC(=O)NC3CC3)c(C)c2)cc1C. The summed E-state index contributed by atoms with van der Waals surface area (Å²) in [7, 11) is -3.71. The monoisotopic (exact) mass is 388 g/mol. The van der Waals surface area contributed by atoms with Gasteiger partial charge in [0, 0.05) is 11.7 Å². The number of aryl methyl sites for hydroxylation is 3. The van der Waals surface area contributed by atoms with Gasteiger partial charge in [0.1, 0.15) is 5.75 Å². The average Bonchev–Trinajstić information content (AvgIpc) is 3.40. The Balaban J connectivity index is 1.69. The van der Waals surface area contributed by atoms with E-state index in [0.717, 1.165) is 24.0 Å². The number of hydrogen-bond acceptors (Lipinski definition) is 4. The molecule has 1 fully saturated rings. The van der Waals surface area contributed by atoms with Crippen molar-refractivity contribution in [2.75, 3.05) is 11.3 Å². The number of benzene rings is 2. The zero-order valence-electron chi connectivity index (χ0n) is 15.7. The molecule has 0 aromatic heterocycles. The van der Waals surface area contributed by atoms with Gasteiger partial charge in [-0.05, 0) is 80.6 Å². The number of carbonyl (C=O) groups excluding carboxylic acids is 1. The minimum absolute atomic E-state index is 0.0790. The minimum Gasteiger partial charge on any atom is -0.484 e. The van der Waals surface area contributed by atoms with Gasteiger partial charge in [-0.3, -0.25) is 9.52 Å². The Bertz CT molecular complexity index is 966. The molecule has 0 heterocycles. The highest BCUT2D eigenvalue weighted by Gasteiger charge is 2.23. The Morgan fingerprint density at radius 3 is 2.41 bits per heavy atom. The molecule has 0 spiro atoms. The summed E-state index contributed by atoms with van der Waals surface area (Å²) in [4.78, 5) is 11.9. The second-order valence-electron chi connectivity index (χ2n) is 6.96. The Labute approximate surface area is 160 Å². The first-order valence-electron chi connectivity index (χ1n) is 8.87. The molecule has 3 rings (SSSR count). The summed E-state index contributed by atoms with van der Waals surface area (Å²) in [5.41, 5.74) is 3.28.